The second-order valence-corrected chi connectivity index (χ2v) is 8.82. The largest absolute Gasteiger partial charge is 0.391 e. The van der Waals surface area contributed by atoms with Crippen LogP contribution in [0.2, 0.25) is 0 Å². The molecule has 1 aromatic rings. The molecule has 3 heterocycles. The van der Waals surface area contributed by atoms with E-state index in [0.29, 0.717) is 12.1 Å². The Morgan fingerprint density at radius 2 is 2.30 bits per heavy atom. The van der Waals surface area contributed by atoms with Crippen molar-refractivity contribution in [3.63, 3.8) is 0 Å². The highest BCUT2D eigenvalue weighted by molar-refractivity contribution is 7.12. The van der Waals surface area contributed by atoms with Gasteiger partial charge in [0.2, 0.25) is 0 Å². The molecule has 0 radical (unpaired) electrons. The third-order valence-electron chi connectivity index (χ3n) is 6.24. The lowest BCUT2D eigenvalue weighted by Crippen LogP contribution is -2.55. The van der Waals surface area contributed by atoms with Gasteiger partial charge in [0.15, 0.2) is 0 Å². The summed E-state index contributed by atoms with van der Waals surface area (Å²) in [7, 11) is 0. The monoisotopic (exact) mass is 335 g/mol. The summed E-state index contributed by atoms with van der Waals surface area (Å²) in [6.07, 6.45) is 7.54. The molecule has 1 aromatic heterocycles. The topological polar surface area (TPSA) is 32.7 Å². The average molecular weight is 336 g/mol. The van der Waals surface area contributed by atoms with Gasteiger partial charge in [0.1, 0.15) is 0 Å². The number of hydrogen-bond donors (Lipinski definition) is 1. The van der Waals surface area contributed by atoms with Gasteiger partial charge in [-0.1, -0.05) is 6.92 Å². The zero-order chi connectivity index (χ0) is 16.0. The van der Waals surface area contributed by atoms with Crippen LogP contribution in [0, 0.1) is 0 Å². The minimum absolute atomic E-state index is 0.0586. The fraction of sp³-hybridized carbons (Fsp3) is 0.789. The number of piperidine rings is 1. The Morgan fingerprint density at radius 1 is 1.43 bits per heavy atom. The van der Waals surface area contributed by atoms with E-state index >= 15 is 0 Å². The van der Waals surface area contributed by atoms with Crippen LogP contribution in [0.3, 0.4) is 0 Å². The summed E-state index contributed by atoms with van der Waals surface area (Å²) in [5.41, 5.74) is 1.43. The Hall–Kier alpha value is -0.420. The molecule has 2 unspecified atom stereocenters. The first-order valence-electron chi connectivity index (χ1n) is 9.33. The van der Waals surface area contributed by atoms with Gasteiger partial charge in [-0.2, -0.15) is 0 Å². The molecule has 3 nitrogen and oxygen atoms in total. The molecule has 0 bridgehead atoms. The van der Waals surface area contributed by atoms with Crippen LogP contribution in [0.5, 0.6) is 0 Å². The van der Waals surface area contributed by atoms with E-state index in [1.807, 2.05) is 11.3 Å². The second-order valence-electron chi connectivity index (χ2n) is 7.60. The molecule has 1 aliphatic carbocycles. The van der Waals surface area contributed by atoms with Crippen LogP contribution in [-0.2, 0) is 23.2 Å². The van der Waals surface area contributed by atoms with Crippen molar-refractivity contribution in [1.29, 1.82) is 0 Å². The van der Waals surface area contributed by atoms with Crippen LogP contribution in [0.1, 0.15) is 61.3 Å². The lowest BCUT2D eigenvalue weighted by molar-refractivity contribution is -0.122. The van der Waals surface area contributed by atoms with Crippen LogP contribution >= 0.6 is 11.3 Å². The van der Waals surface area contributed by atoms with Crippen LogP contribution in [0.4, 0.5) is 0 Å². The number of aliphatic hydroxyl groups is 1. The van der Waals surface area contributed by atoms with Gasteiger partial charge >= 0.3 is 0 Å². The number of thiophene rings is 1. The summed E-state index contributed by atoms with van der Waals surface area (Å²) in [6.45, 7) is 6.50. The Morgan fingerprint density at radius 3 is 3.00 bits per heavy atom. The van der Waals surface area contributed by atoms with Crippen molar-refractivity contribution in [2.75, 3.05) is 13.2 Å². The van der Waals surface area contributed by atoms with E-state index in [-0.39, 0.29) is 11.7 Å². The molecule has 4 rings (SSSR count). The summed E-state index contributed by atoms with van der Waals surface area (Å²) >= 11 is 2.00. The average Bonchev–Trinajstić information content (AvgIpc) is 3.15. The first-order chi connectivity index (χ1) is 11.1. The van der Waals surface area contributed by atoms with Gasteiger partial charge in [-0.25, -0.2) is 0 Å². The summed E-state index contributed by atoms with van der Waals surface area (Å²) in [5.74, 6) is 0. The number of hydrogen-bond acceptors (Lipinski definition) is 4. The number of nitrogens with zero attached hydrogens (tertiary/aromatic N) is 1. The molecule has 23 heavy (non-hydrogen) atoms. The van der Waals surface area contributed by atoms with Gasteiger partial charge in [0.25, 0.3) is 0 Å². The van der Waals surface area contributed by atoms with Gasteiger partial charge in [0.05, 0.1) is 18.3 Å². The smallest absolute Gasteiger partial charge is 0.0969 e. The first kappa shape index (κ1) is 16.1. The molecule has 2 aliphatic heterocycles. The second kappa shape index (κ2) is 6.14. The van der Waals surface area contributed by atoms with Gasteiger partial charge in [-0.3, -0.25) is 4.90 Å². The van der Waals surface area contributed by atoms with Crippen LogP contribution in [0.25, 0.3) is 0 Å². The first-order valence-corrected chi connectivity index (χ1v) is 10.1. The van der Waals surface area contributed by atoms with Crippen molar-refractivity contribution >= 4 is 11.3 Å². The minimum Gasteiger partial charge on any atom is -0.391 e. The van der Waals surface area contributed by atoms with Crippen molar-refractivity contribution in [3.05, 3.63) is 21.4 Å². The van der Waals surface area contributed by atoms with Crippen molar-refractivity contribution in [2.24, 2.45) is 0 Å². The predicted molar refractivity (Wildman–Crippen MR) is 94.1 cm³/mol. The van der Waals surface area contributed by atoms with Crippen LogP contribution in [0.15, 0.2) is 6.07 Å². The van der Waals surface area contributed by atoms with Gasteiger partial charge in [-0.05, 0) is 57.1 Å². The van der Waals surface area contributed by atoms with E-state index < -0.39 is 0 Å². The predicted octanol–water partition coefficient (Wildman–Crippen LogP) is 3.48. The Bertz CT molecular complexity index is 572. The molecule has 1 N–H and O–H groups in total. The SMILES string of the molecule is CCc1cc2c(s1)CCO[C@@]21CCN(C2CCCC2O)[C@@H](C)C1. The summed E-state index contributed by atoms with van der Waals surface area (Å²) < 4.78 is 6.42. The van der Waals surface area contributed by atoms with E-state index in [1.54, 1.807) is 4.88 Å². The standard InChI is InChI=1S/C19H29NO2S/c1-3-14-11-15-18(23-14)7-10-22-19(15)8-9-20(13(2)12-19)16-5-4-6-17(16)21/h11,13,16-17,21H,3-10,12H2,1-2H3/t13-,16?,17?,19+/m0/s1. The summed E-state index contributed by atoms with van der Waals surface area (Å²) in [6, 6.07) is 3.28. The van der Waals surface area contributed by atoms with Crippen molar-refractivity contribution < 1.29 is 9.84 Å². The fourth-order valence-electron chi connectivity index (χ4n) is 5.05. The summed E-state index contributed by atoms with van der Waals surface area (Å²) in [5, 5.41) is 10.3. The van der Waals surface area contributed by atoms with E-state index in [0.717, 1.165) is 51.7 Å². The molecule has 3 aliphatic rings. The van der Waals surface area contributed by atoms with Crippen molar-refractivity contribution in [1.82, 2.24) is 4.90 Å². The van der Waals surface area contributed by atoms with E-state index in [9.17, 15) is 5.11 Å². The van der Waals surface area contributed by atoms with E-state index in [4.69, 9.17) is 4.74 Å². The highest BCUT2D eigenvalue weighted by Crippen LogP contribution is 2.47. The molecule has 0 amide bonds. The third-order valence-corrected chi connectivity index (χ3v) is 7.58. The van der Waals surface area contributed by atoms with Crippen LogP contribution < -0.4 is 0 Å². The Balaban J connectivity index is 1.57. The molecule has 1 saturated heterocycles. The zero-order valence-electron chi connectivity index (χ0n) is 14.4. The maximum Gasteiger partial charge on any atom is 0.0969 e. The molecular formula is C19H29NO2S. The van der Waals surface area contributed by atoms with Gasteiger partial charge in [0, 0.05) is 34.8 Å². The maximum atomic E-state index is 10.3. The molecule has 1 saturated carbocycles. The highest BCUT2D eigenvalue weighted by atomic mass is 32.1. The fourth-order valence-corrected chi connectivity index (χ4v) is 6.23. The number of aryl methyl sites for hydroxylation is 1. The van der Waals surface area contributed by atoms with Crippen molar-refractivity contribution in [3.8, 4) is 0 Å². The maximum absolute atomic E-state index is 10.3. The van der Waals surface area contributed by atoms with Gasteiger partial charge in [-0.15, -0.1) is 11.3 Å². The molecule has 2 fully saturated rings. The molecule has 1 spiro atoms. The number of ether oxygens (including phenoxy) is 1. The molecule has 4 atom stereocenters. The minimum atomic E-state index is -0.123. The van der Waals surface area contributed by atoms with E-state index in [2.05, 4.69) is 24.8 Å². The number of likely N-dealkylation sites (tertiary alicyclic amines) is 1. The normalized spacial score (nSPS) is 38.1. The Kier molecular flexibility index (Phi) is 4.29. The van der Waals surface area contributed by atoms with Gasteiger partial charge < -0.3 is 9.84 Å². The quantitative estimate of drug-likeness (QED) is 0.898. The highest BCUT2D eigenvalue weighted by Gasteiger charge is 2.46. The number of rotatable bonds is 2. The van der Waals surface area contributed by atoms with E-state index in [1.165, 1.54) is 16.9 Å². The molecular weight excluding hydrogens is 306 g/mol. The zero-order valence-corrected chi connectivity index (χ0v) is 15.2. The van der Waals surface area contributed by atoms with Crippen molar-refractivity contribution in [2.45, 2.75) is 82.6 Å². The molecule has 0 aromatic carbocycles. The lowest BCUT2D eigenvalue weighted by Gasteiger charge is -2.49. The third kappa shape index (κ3) is 2.68. The Labute approximate surface area is 143 Å². The summed E-state index contributed by atoms with van der Waals surface area (Å²) in [4.78, 5) is 5.63. The molecule has 4 heteroatoms. The van der Waals surface area contributed by atoms with Crippen LogP contribution in [-0.4, -0.2) is 41.3 Å². The number of aliphatic hydroxyl groups excluding tert-OH is 1. The lowest BCUT2D eigenvalue weighted by atomic mass is 9.78. The number of fused-ring (bicyclic) bond motifs is 2. The molecule has 128 valence electrons.